The first-order valence-electron chi connectivity index (χ1n) is 9.51. The number of fused-ring (bicyclic) bond motifs is 5. The molecule has 0 spiro atoms. The van der Waals surface area contributed by atoms with Crippen LogP contribution in [0.4, 0.5) is 0 Å². The number of rotatable bonds is 4. The van der Waals surface area contributed by atoms with Gasteiger partial charge >= 0.3 is 5.97 Å². The third-order valence-corrected chi connectivity index (χ3v) is 6.33. The molecule has 1 unspecified atom stereocenters. The Morgan fingerprint density at radius 3 is 1.96 bits per heavy atom. The zero-order valence-electron chi connectivity index (χ0n) is 15.2. The Labute approximate surface area is 158 Å². The molecule has 0 radical (unpaired) electrons. The standard InChI is InChI=1S/C22H23NO4/c1-23-17-12-16(13-18(23)20-19(17)27-20)26-21(24)22(25,14-8-4-2-5-9-14)15-10-6-3-7-11-15/h2-11,16-20,25H,12-13H2,1H3/t16?,17-,18+,19-,20+. The summed E-state index contributed by atoms with van der Waals surface area (Å²) in [6.07, 6.45) is 1.87. The Morgan fingerprint density at radius 2 is 1.48 bits per heavy atom. The lowest BCUT2D eigenvalue weighted by Crippen LogP contribution is -2.49. The summed E-state index contributed by atoms with van der Waals surface area (Å²) in [6, 6.07) is 18.6. The number of nitrogens with zero attached hydrogens (tertiary/aromatic N) is 1. The Morgan fingerprint density at radius 1 is 1.00 bits per heavy atom. The molecule has 3 saturated heterocycles. The number of hydrogen-bond donors (Lipinski definition) is 1. The molecule has 2 bridgehead atoms. The molecule has 0 aromatic heterocycles. The van der Waals surface area contributed by atoms with Gasteiger partial charge in [0.05, 0.1) is 0 Å². The number of morpholine rings is 1. The maximum atomic E-state index is 13.2. The number of aliphatic hydroxyl groups is 1. The summed E-state index contributed by atoms with van der Waals surface area (Å²) >= 11 is 0. The van der Waals surface area contributed by atoms with Crippen LogP contribution in [0.2, 0.25) is 0 Å². The van der Waals surface area contributed by atoms with Gasteiger partial charge in [0.2, 0.25) is 5.60 Å². The molecule has 5 nitrogen and oxygen atoms in total. The van der Waals surface area contributed by atoms with Gasteiger partial charge in [0.15, 0.2) is 0 Å². The number of hydrogen-bond acceptors (Lipinski definition) is 5. The number of piperidine rings is 1. The molecule has 0 saturated carbocycles. The van der Waals surface area contributed by atoms with Crippen LogP contribution in [-0.2, 0) is 19.9 Å². The van der Waals surface area contributed by atoms with Crippen molar-refractivity contribution in [3.63, 3.8) is 0 Å². The summed E-state index contributed by atoms with van der Waals surface area (Å²) in [7, 11) is 2.12. The van der Waals surface area contributed by atoms with Crippen LogP contribution in [0.5, 0.6) is 0 Å². The van der Waals surface area contributed by atoms with Crippen LogP contribution in [-0.4, -0.2) is 53.4 Å². The summed E-state index contributed by atoms with van der Waals surface area (Å²) in [5.41, 5.74) is -0.781. The molecule has 0 amide bonds. The molecule has 3 aliphatic rings. The maximum absolute atomic E-state index is 13.2. The first-order valence-corrected chi connectivity index (χ1v) is 9.51. The van der Waals surface area contributed by atoms with E-state index in [1.165, 1.54) is 0 Å². The number of benzene rings is 2. The third kappa shape index (κ3) is 2.61. The lowest BCUT2D eigenvalue weighted by atomic mass is 9.86. The second-order valence-electron chi connectivity index (χ2n) is 7.81. The molecule has 1 N–H and O–H groups in total. The Bertz CT molecular complexity index is 782. The van der Waals surface area contributed by atoms with Gasteiger partial charge in [-0.15, -0.1) is 0 Å². The van der Waals surface area contributed by atoms with Crippen molar-refractivity contribution in [3.05, 3.63) is 71.8 Å². The van der Waals surface area contributed by atoms with E-state index >= 15 is 0 Å². The molecule has 3 fully saturated rings. The monoisotopic (exact) mass is 365 g/mol. The van der Waals surface area contributed by atoms with Crippen molar-refractivity contribution in [2.75, 3.05) is 7.05 Å². The average Bonchev–Trinajstić information content (AvgIpc) is 3.47. The van der Waals surface area contributed by atoms with Crippen molar-refractivity contribution < 1.29 is 19.4 Å². The highest BCUT2D eigenvalue weighted by molar-refractivity contribution is 5.85. The van der Waals surface area contributed by atoms with Crippen LogP contribution in [0, 0.1) is 0 Å². The Balaban J connectivity index is 1.42. The van der Waals surface area contributed by atoms with E-state index in [1.54, 1.807) is 24.3 Å². The number of likely N-dealkylation sites (N-methyl/N-ethyl adjacent to an activating group) is 1. The molecule has 27 heavy (non-hydrogen) atoms. The Hall–Kier alpha value is -2.21. The van der Waals surface area contributed by atoms with Gasteiger partial charge in [-0.05, 0) is 18.2 Å². The van der Waals surface area contributed by atoms with Crippen molar-refractivity contribution in [2.45, 2.75) is 48.8 Å². The van der Waals surface area contributed by atoms with Crippen LogP contribution in [0.1, 0.15) is 24.0 Å². The van der Waals surface area contributed by atoms with Gasteiger partial charge in [-0.25, -0.2) is 4.79 Å². The van der Waals surface area contributed by atoms with Gasteiger partial charge in [0.25, 0.3) is 0 Å². The highest BCUT2D eigenvalue weighted by atomic mass is 16.6. The zero-order valence-corrected chi connectivity index (χ0v) is 15.2. The highest BCUT2D eigenvalue weighted by Crippen LogP contribution is 2.48. The molecule has 5 rings (SSSR count). The summed E-state index contributed by atoms with van der Waals surface area (Å²) in [4.78, 5) is 15.6. The minimum atomic E-state index is -1.82. The summed E-state index contributed by atoms with van der Waals surface area (Å²) in [5.74, 6) is -0.608. The quantitative estimate of drug-likeness (QED) is 0.664. The van der Waals surface area contributed by atoms with Crippen molar-refractivity contribution in [1.29, 1.82) is 0 Å². The molecular weight excluding hydrogens is 342 g/mol. The van der Waals surface area contributed by atoms with E-state index in [-0.39, 0.29) is 18.3 Å². The first-order chi connectivity index (χ1) is 13.1. The second-order valence-corrected chi connectivity index (χ2v) is 7.81. The molecule has 5 heteroatoms. The fourth-order valence-corrected chi connectivity index (χ4v) is 4.79. The minimum Gasteiger partial charge on any atom is -0.460 e. The molecule has 3 aliphatic heterocycles. The average molecular weight is 365 g/mol. The molecule has 5 atom stereocenters. The second kappa shape index (κ2) is 6.16. The predicted molar refractivity (Wildman–Crippen MR) is 99.0 cm³/mol. The van der Waals surface area contributed by atoms with E-state index in [2.05, 4.69) is 11.9 Å². The van der Waals surface area contributed by atoms with Crippen molar-refractivity contribution in [2.24, 2.45) is 0 Å². The lowest BCUT2D eigenvalue weighted by molar-refractivity contribution is -0.172. The van der Waals surface area contributed by atoms with Crippen LogP contribution in [0.3, 0.4) is 0 Å². The van der Waals surface area contributed by atoms with Crippen molar-refractivity contribution in [1.82, 2.24) is 4.90 Å². The topological polar surface area (TPSA) is 62.3 Å². The molecule has 140 valence electrons. The smallest absolute Gasteiger partial charge is 0.347 e. The van der Waals surface area contributed by atoms with E-state index < -0.39 is 11.6 Å². The number of epoxide rings is 1. The summed E-state index contributed by atoms with van der Waals surface area (Å²) in [6.45, 7) is 0. The molecule has 3 heterocycles. The summed E-state index contributed by atoms with van der Waals surface area (Å²) < 4.78 is 11.6. The Kier molecular flexibility index (Phi) is 3.86. The minimum absolute atomic E-state index is 0.195. The fourth-order valence-electron chi connectivity index (χ4n) is 4.79. The van der Waals surface area contributed by atoms with E-state index in [1.807, 2.05) is 36.4 Å². The number of ether oxygens (including phenoxy) is 2. The normalized spacial score (nSPS) is 32.0. The van der Waals surface area contributed by atoms with Gasteiger partial charge in [0.1, 0.15) is 18.3 Å². The SMILES string of the molecule is CN1[C@@H]2CC(OC(=O)C(O)(c3ccccc3)c3ccccc3)C[C@H]1[C@@H]1O[C@@H]12. The molecule has 2 aromatic rings. The number of esters is 1. The predicted octanol–water partition coefficient (Wildman–Crippen LogP) is 2.08. The zero-order chi connectivity index (χ0) is 18.6. The van der Waals surface area contributed by atoms with E-state index in [9.17, 15) is 9.90 Å². The van der Waals surface area contributed by atoms with Crippen LogP contribution >= 0.6 is 0 Å². The van der Waals surface area contributed by atoms with Crippen LogP contribution in [0.15, 0.2) is 60.7 Å². The fraction of sp³-hybridized carbons (Fsp3) is 0.409. The van der Waals surface area contributed by atoms with Crippen LogP contribution < -0.4 is 0 Å². The number of carbonyl (C=O) groups is 1. The van der Waals surface area contributed by atoms with Gasteiger partial charge < -0.3 is 14.6 Å². The van der Waals surface area contributed by atoms with Gasteiger partial charge in [-0.3, -0.25) is 4.90 Å². The van der Waals surface area contributed by atoms with E-state index in [4.69, 9.17) is 9.47 Å². The van der Waals surface area contributed by atoms with Gasteiger partial charge in [0, 0.05) is 24.9 Å². The number of carbonyl (C=O) groups excluding carboxylic acids is 1. The first kappa shape index (κ1) is 16.9. The largest absolute Gasteiger partial charge is 0.460 e. The lowest BCUT2D eigenvalue weighted by Gasteiger charge is -2.39. The summed E-state index contributed by atoms with van der Waals surface area (Å²) in [5, 5.41) is 11.5. The third-order valence-electron chi connectivity index (χ3n) is 6.33. The van der Waals surface area contributed by atoms with Gasteiger partial charge in [-0.2, -0.15) is 0 Å². The van der Waals surface area contributed by atoms with E-state index in [0.29, 0.717) is 23.2 Å². The van der Waals surface area contributed by atoms with Gasteiger partial charge in [-0.1, -0.05) is 60.7 Å². The van der Waals surface area contributed by atoms with Crippen LogP contribution in [0.25, 0.3) is 0 Å². The molecular formula is C22H23NO4. The maximum Gasteiger partial charge on any atom is 0.347 e. The molecule has 2 aromatic carbocycles. The van der Waals surface area contributed by atoms with Crippen molar-refractivity contribution >= 4 is 5.97 Å². The van der Waals surface area contributed by atoms with Crippen molar-refractivity contribution in [3.8, 4) is 0 Å². The van der Waals surface area contributed by atoms with E-state index in [0.717, 1.165) is 12.8 Å². The molecule has 0 aliphatic carbocycles. The highest BCUT2D eigenvalue weighted by Gasteiger charge is 2.63.